The third kappa shape index (κ3) is 3.93. The highest BCUT2D eigenvalue weighted by Crippen LogP contribution is 2.36. The predicted molar refractivity (Wildman–Crippen MR) is 119 cm³/mol. The highest BCUT2D eigenvalue weighted by Gasteiger charge is 2.29. The van der Waals surface area contributed by atoms with Gasteiger partial charge in [0.05, 0.1) is 16.6 Å². The predicted octanol–water partition coefficient (Wildman–Crippen LogP) is 4.86. The van der Waals surface area contributed by atoms with Gasteiger partial charge < -0.3 is 10.0 Å². The lowest BCUT2D eigenvalue weighted by atomic mass is 10.1. The Morgan fingerprint density at radius 1 is 1.07 bits per heavy atom. The molecule has 2 N–H and O–H groups in total. The summed E-state index contributed by atoms with van der Waals surface area (Å²) in [5.41, 5.74) is 1.28. The molecule has 0 spiro atoms. The van der Waals surface area contributed by atoms with Crippen LogP contribution in [-0.4, -0.2) is 32.6 Å². The molecular formula is C21H18Cl2N2O4S. The fourth-order valence-electron chi connectivity index (χ4n) is 3.71. The van der Waals surface area contributed by atoms with Crippen LogP contribution in [0.4, 0.5) is 11.4 Å². The van der Waals surface area contributed by atoms with Crippen LogP contribution in [0.25, 0.3) is 10.8 Å². The molecule has 3 aromatic carbocycles. The van der Waals surface area contributed by atoms with Crippen molar-refractivity contribution in [2.75, 3.05) is 22.7 Å². The van der Waals surface area contributed by atoms with E-state index in [0.717, 1.165) is 11.1 Å². The van der Waals surface area contributed by atoms with Gasteiger partial charge in [-0.05, 0) is 36.8 Å². The molecule has 0 amide bonds. The Morgan fingerprint density at radius 2 is 1.80 bits per heavy atom. The smallest absolute Gasteiger partial charge is 0.308 e. The van der Waals surface area contributed by atoms with Crippen LogP contribution in [0.5, 0.6) is 0 Å². The molecule has 1 fully saturated rings. The third-order valence-corrected chi connectivity index (χ3v) is 7.29. The highest BCUT2D eigenvalue weighted by molar-refractivity contribution is 7.92. The van der Waals surface area contributed by atoms with E-state index in [1.807, 2.05) is 35.2 Å². The minimum atomic E-state index is -3.97. The molecule has 0 saturated carbocycles. The van der Waals surface area contributed by atoms with Crippen molar-refractivity contribution < 1.29 is 18.3 Å². The van der Waals surface area contributed by atoms with Crippen molar-refractivity contribution in [1.29, 1.82) is 0 Å². The van der Waals surface area contributed by atoms with Gasteiger partial charge in [-0.1, -0.05) is 47.5 Å². The van der Waals surface area contributed by atoms with E-state index in [1.54, 1.807) is 6.07 Å². The van der Waals surface area contributed by atoms with E-state index in [2.05, 4.69) is 4.72 Å². The zero-order valence-corrected chi connectivity index (χ0v) is 18.0. The molecule has 0 aromatic heterocycles. The molecule has 9 heteroatoms. The van der Waals surface area contributed by atoms with Crippen LogP contribution < -0.4 is 9.62 Å². The summed E-state index contributed by atoms with van der Waals surface area (Å²) in [7, 11) is -3.97. The van der Waals surface area contributed by atoms with Crippen molar-refractivity contribution in [3.05, 3.63) is 64.6 Å². The summed E-state index contributed by atoms with van der Waals surface area (Å²) in [5.74, 6) is -1.21. The SMILES string of the molecule is O=C(O)C1CCN(c2ccc(NS(=O)(=O)c3cc(Cl)ccc3Cl)c3ccccc23)C1. The highest BCUT2D eigenvalue weighted by atomic mass is 35.5. The second-order valence-electron chi connectivity index (χ2n) is 7.13. The fourth-order valence-corrected chi connectivity index (χ4v) is 5.55. The van der Waals surface area contributed by atoms with Crippen molar-refractivity contribution in [3.8, 4) is 0 Å². The minimum Gasteiger partial charge on any atom is -0.481 e. The molecule has 0 aliphatic carbocycles. The van der Waals surface area contributed by atoms with Crippen LogP contribution >= 0.6 is 23.2 Å². The Labute approximate surface area is 184 Å². The first-order chi connectivity index (χ1) is 14.3. The van der Waals surface area contributed by atoms with Crippen molar-refractivity contribution in [2.45, 2.75) is 11.3 Å². The second-order valence-corrected chi connectivity index (χ2v) is 9.62. The molecule has 1 aliphatic rings. The van der Waals surface area contributed by atoms with Crippen LogP contribution in [0.15, 0.2) is 59.5 Å². The molecule has 1 atom stereocenters. The van der Waals surface area contributed by atoms with Gasteiger partial charge >= 0.3 is 5.97 Å². The molecule has 0 radical (unpaired) electrons. The second kappa shape index (κ2) is 7.98. The number of carbonyl (C=O) groups is 1. The number of anilines is 2. The number of rotatable bonds is 5. The van der Waals surface area contributed by atoms with Gasteiger partial charge in [0, 0.05) is 34.6 Å². The third-order valence-electron chi connectivity index (χ3n) is 5.21. The van der Waals surface area contributed by atoms with E-state index < -0.39 is 21.9 Å². The molecule has 1 aliphatic heterocycles. The molecule has 4 rings (SSSR count). The Bertz CT molecular complexity index is 1250. The first kappa shape index (κ1) is 20.8. The lowest BCUT2D eigenvalue weighted by molar-refractivity contribution is -0.140. The first-order valence-electron chi connectivity index (χ1n) is 9.23. The number of benzene rings is 3. The van der Waals surface area contributed by atoms with E-state index in [9.17, 15) is 18.3 Å². The molecule has 1 saturated heterocycles. The maximum atomic E-state index is 12.9. The Kier molecular flexibility index (Phi) is 5.53. The maximum Gasteiger partial charge on any atom is 0.308 e. The fraction of sp³-hybridized carbons (Fsp3) is 0.190. The maximum absolute atomic E-state index is 12.9. The number of carboxylic acids is 1. The topological polar surface area (TPSA) is 86.7 Å². The van der Waals surface area contributed by atoms with Gasteiger partial charge in [0.1, 0.15) is 4.90 Å². The van der Waals surface area contributed by atoms with Gasteiger partial charge in [-0.25, -0.2) is 8.42 Å². The van der Waals surface area contributed by atoms with Crippen molar-refractivity contribution in [3.63, 3.8) is 0 Å². The van der Waals surface area contributed by atoms with Gasteiger partial charge in [0.2, 0.25) is 0 Å². The van der Waals surface area contributed by atoms with Crippen molar-refractivity contribution in [1.82, 2.24) is 0 Å². The van der Waals surface area contributed by atoms with E-state index in [0.29, 0.717) is 30.6 Å². The van der Waals surface area contributed by atoms with Crippen LogP contribution in [0.2, 0.25) is 10.0 Å². The zero-order valence-electron chi connectivity index (χ0n) is 15.7. The first-order valence-corrected chi connectivity index (χ1v) is 11.5. The number of sulfonamides is 1. The van der Waals surface area contributed by atoms with Gasteiger partial charge in [-0.15, -0.1) is 0 Å². The number of hydrogen-bond donors (Lipinski definition) is 2. The number of nitrogens with zero attached hydrogens (tertiary/aromatic N) is 1. The lowest BCUT2D eigenvalue weighted by Gasteiger charge is -2.22. The van der Waals surface area contributed by atoms with Gasteiger partial charge in [-0.2, -0.15) is 0 Å². The average molecular weight is 465 g/mol. The van der Waals surface area contributed by atoms with Crippen LogP contribution in [0.3, 0.4) is 0 Å². The quantitative estimate of drug-likeness (QED) is 0.562. The number of fused-ring (bicyclic) bond motifs is 1. The van der Waals surface area contributed by atoms with Crippen molar-refractivity contribution in [2.24, 2.45) is 5.92 Å². The van der Waals surface area contributed by atoms with E-state index in [1.165, 1.54) is 18.2 Å². The molecule has 30 heavy (non-hydrogen) atoms. The van der Waals surface area contributed by atoms with E-state index in [4.69, 9.17) is 23.2 Å². The normalized spacial score (nSPS) is 16.7. The summed E-state index contributed by atoms with van der Waals surface area (Å²) in [6.45, 7) is 1.05. The molecule has 0 bridgehead atoms. The number of halogens is 2. The van der Waals surface area contributed by atoms with Gasteiger partial charge in [-0.3, -0.25) is 9.52 Å². The summed E-state index contributed by atoms with van der Waals surface area (Å²) in [6.07, 6.45) is 0.575. The van der Waals surface area contributed by atoms with E-state index in [-0.39, 0.29) is 14.9 Å². The molecule has 1 unspecified atom stereocenters. The Balaban J connectivity index is 1.73. The lowest BCUT2D eigenvalue weighted by Crippen LogP contribution is -2.23. The molecule has 1 heterocycles. The van der Waals surface area contributed by atoms with Crippen LogP contribution in [0, 0.1) is 5.92 Å². The van der Waals surface area contributed by atoms with Crippen LogP contribution in [0.1, 0.15) is 6.42 Å². The summed E-state index contributed by atoms with van der Waals surface area (Å²) in [4.78, 5) is 13.2. The monoisotopic (exact) mass is 464 g/mol. The summed E-state index contributed by atoms with van der Waals surface area (Å²) < 4.78 is 28.5. The number of nitrogens with one attached hydrogen (secondary N) is 1. The number of carboxylic acid groups (broad SMARTS) is 1. The summed E-state index contributed by atoms with van der Waals surface area (Å²) in [5, 5.41) is 11.2. The molecule has 6 nitrogen and oxygen atoms in total. The Hall–Kier alpha value is -2.48. The number of hydrogen-bond acceptors (Lipinski definition) is 4. The van der Waals surface area contributed by atoms with Crippen molar-refractivity contribution >= 4 is 61.3 Å². The Morgan fingerprint density at radius 3 is 2.50 bits per heavy atom. The van der Waals surface area contributed by atoms with Crippen LogP contribution in [-0.2, 0) is 14.8 Å². The average Bonchev–Trinajstić information content (AvgIpc) is 3.20. The minimum absolute atomic E-state index is 0.0737. The number of aliphatic carboxylic acids is 1. The largest absolute Gasteiger partial charge is 0.481 e. The summed E-state index contributed by atoms with van der Waals surface area (Å²) >= 11 is 12.0. The summed E-state index contributed by atoms with van der Waals surface area (Å²) in [6, 6.07) is 15.2. The van der Waals surface area contributed by atoms with Gasteiger partial charge in [0.25, 0.3) is 10.0 Å². The standard InChI is InChI=1S/C21H18Cl2N2O4S/c22-14-5-6-17(23)20(11-14)30(28,29)24-18-7-8-19(16-4-2-1-3-15(16)18)25-10-9-13(12-25)21(26)27/h1-8,11,13,24H,9-10,12H2,(H,26,27). The molecule has 156 valence electrons. The zero-order chi connectivity index (χ0) is 21.5. The molecular weight excluding hydrogens is 447 g/mol. The molecule has 3 aromatic rings. The van der Waals surface area contributed by atoms with E-state index >= 15 is 0 Å². The van der Waals surface area contributed by atoms with Gasteiger partial charge in [0.15, 0.2) is 0 Å².